The molecule has 0 unspecified atom stereocenters. The summed E-state index contributed by atoms with van der Waals surface area (Å²) in [7, 11) is 1.40. The molecule has 6 heteroatoms. The summed E-state index contributed by atoms with van der Waals surface area (Å²) in [5.74, 6) is -2.31. The zero-order valence-corrected chi connectivity index (χ0v) is 10.9. The van der Waals surface area contributed by atoms with E-state index in [1.807, 2.05) is 0 Å². The van der Waals surface area contributed by atoms with Gasteiger partial charge in [-0.3, -0.25) is 4.79 Å². The van der Waals surface area contributed by atoms with Crippen LogP contribution >= 0.6 is 0 Å². The van der Waals surface area contributed by atoms with Crippen LogP contribution in [0.15, 0.2) is 24.3 Å². The van der Waals surface area contributed by atoms with E-state index in [2.05, 4.69) is 0 Å². The van der Waals surface area contributed by atoms with Crippen LogP contribution in [0.3, 0.4) is 0 Å². The first-order chi connectivity index (χ1) is 9.52. The molecule has 0 bridgehead atoms. The highest BCUT2D eigenvalue weighted by atomic mass is 19.2. The van der Waals surface area contributed by atoms with Gasteiger partial charge in [0.2, 0.25) is 0 Å². The molecule has 0 saturated carbocycles. The van der Waals surface area contributed by atoms with Gasteiger partial charge in [0.25, 0.3) is 0 Å². The van der Waals surface area contributed by atoms with Gasteiger partial charge in [-0.1, -0.05) is 6.07 Å². The Morgan fingerprint density at radius 2 is 2.00 bits per heavy atom. The van der Waals surface area contributed by atoms with E-state index in [1.165, 1.54) is 32.2 Å². The monoisotopic (exact) mass is 282 g/mol. The average molecular weight is 282 g/mol. The molecule has 2 aromatic carbocycles. The smallest absolute Gasteiger partial charge is 0.308 e. The van der Waals surface area contributed by atoms with Crippen molar-refractivity contribution in [2.45, 2.75) is 6.92 Å². The van der Waals surface area contributed by atoms with E-state index < -0.39 is 17.6 Å². The number of methoxy groups -OCH3 is 1. The molecule has 0 spiro atoms. The van der Waals surface area contributed by atoms with Crippen molar-refractivity contribution in [2.24, 2.45) is 0 Å². The van der Waals surface area contributed by atoms with Crippen molar-refractivity contribution in [1.29, 1.82) is 0 Å². The summed E-state index contributed by atoms with van der Waals surface area (Å²) in [4.78, 5) is 11.0. The molecule has 2 rings (SSSR count). The number of hydrogen-bond donors (Lipinski definition) is 0. The lowest BCUT2D eigenvalue weighted by molar-refractivity contribution is -0.131. The zero-order chi connectivity index (χ0) is 14.7. The molecule has 0 aromatic heterocycles. The summed E-state index contributed by atoms with van der Waals surface area (Å²) in [6, 6.07) is 5.11. The molecule has 0 fully saturated rings. The molecule has 0 aliphatic heterocycles. The van der Waals surface area contributed by atoms with E-state index in [9.17, 15) is 13.6 Å². The van der Waals surface area contributed by atoms with Crippen LogP contribution in [0.2, 0.25) is 0 Å². The number of benzene rings is 2. The van der Waals surface area contributed by atoms with Crippen molar-refractivity contribution >= 4 is 16.7 Å². The Labute approximate surface area is 113 Å². The molecular weight excluding hydrogens is 270 g/mol. The van der Waals surface area contributed by atoms with Crippen molar-refractivity contribution in [3.63, 3.8) is 0 Å². The summed E-state index contributed by atoms with van der Waals surface area (Å²) in [5, 5.41) is 0.326. The molecule has 106 valence electrons. The average Bonchev–Trinajstić information content (AvgIpc) is 2.39. The predicted octanol–water partition coefficient (Wildman–Crippen LogP) is 3.03. The van der Waals surface area contributed by atoms with Crippen LogP contribution in [0.5, 0.6) is 11.5 Å². The van der Waals surface area contributed by atoms with Gasteiger partial charge >= 0.3 is 5.97 Å². The molecule has 0 aliphatic rings. The van der Waals surface area contributed by atoms with Gasteiger partial charge in [0.1, 0.15) is 11.5 Å². The number of ether oxygens (including phenoxy) is 3. The predicted molar refractivity (Wildman–Crippen MR) is 67.7 cm³/mol. The number of esters is 1. The molecule has 0 atom stereocenters. The molecule has 0 heterocycles. The molecule has 4 nitrogen and oxygen atoms in total. The van der Waals surface area contributed by atoms with Crippen LogP contribution in [0, 0.1) is 11.6 Å². The molecule has 0 saturated heterocycles. The van der Waals surface area contributed by atoms with Gasteiger partial charge in [-0.2, -0.15) is 0 Å². The lowest BCUT2D eigenvalue weighted by Crippen LogP contribution is -2.04. The van der Waals surface area contributed by atoms with Crippen molar-refractivity contribution in [2.75, 3.05) is 13.9 Å². The fraction of sp³-hybridized carbons (Fsp3) is 0.214. The van der Waals surface area contributed by atoms with Crippen LogP contribution in [0.4, 0.5) is 8.78 Å². The Kier molecular flexibility index (Phi) is 4.14. The minimum absolute atomic E-state index is 0.0297. The first kappa shape index (κ1) is 14.2. The third kappa shape index (κ3) is 2.85. The fourth-order valence-corrected chi connectivity index (χ4v) is 1.79. The Morgan fingerprint density at radius 3 is 2.65 bits per heavy atom. The third-order valence-corrected chi connectivity index (χ3v) is 2.54. The third-order valence-electron chi connectivity index (χ3n) is 2.54. The highest BCUT2D eigenvalue weighted by Gasteiger charge is 2.15. The Balaban J connectivity index is 2.61. The normalized spacial score (nSPS) is 10.6. The van der Waals surface area contributed by atoms with E-state index in [4.69, 9.17) is 14.2 Å². The van der Waals surface area contributed by atoms with Gasteiger partial charge < -0.3 is 14.2 Å². The summed E-state index contributed by atoms with van der Waals surface area (Å²) in [6.45, 7) is 1.10. The van der Waals surface area contributed by atoms with Crippen molar-refractivity contribution in [1.82, 2.24) is 0 Å². The number of fused-ring (bicyclic) bond motifs is 1. The number of rotatable bonds is 4. The summed E-state index contributed by atoms with van der Waals surface area (Å²) in [5.41, 5.74) is 0. The number of hydrogen-bond acceptors (Lipinski definition) is 4. The second kappa shape index (κ2) is 5.83. The Morgan fingerprint density at radius 1 is 1.25 bits per heavy atom. The molecule has 0 radical (unpaired) electrons. The largest absolute Gasteiger partial charge is 0.467 e. The van der Waals surface area contributed by atoms with Gasteiger partial charge in [-0.15, -0.1) is 0 Å². The van der Waals surface area contributed by atoms with E-state index in [1.54, 1.807) is 0 Å². The molecule has 0 aliphatic carbocycles. The lowest BCUT2D eigenvalue weighted by atomic mass is 10.1. The Hall–Kier alpha value is -2.21. The van der Waals surface area contributed by atoms with Gasteiger partial charge in [-0.25, -0.2) is 8.78 Å². The number of carbonyl (C=O) groups excluding carboxylic acids is 1. The molecule has 0 N–H and O–H groups in total. The highest BCUT2D eigenvalue weighted by Crippen LogP contribution is 2.34. The van der Waals surface area contributed by atoms with Crippen molar-refractivity contribution in [3.05, 3.63) is 35.9 Å². The maximum absolute atomic E-state index is 13.9. The molecule has 0 amide bonds. The summed E-state index contributed by atoms with van der Waals surface area (Å²) in [6.07, 6.45) is 0. The van der Waals surface area contributed by atoms with E-state index in [0.29, 0.717) is 5.39 Å². The number of carbonyl (C=O) groups is 1. The maximum Gasteiger partial charge on any atom is 0.308 e. The standard InChI is InChI=1S/C14H12F2O4/c1-8(17)20-10-5-9-3-4-11(15)14(16)13(9)12(6-10)19-7-18-2/h3-6H,7H2,1-2H3. The van der Waals surface area contributed by atoms with Gasteiger partial charge in [0.05, 0.1) is 5.39 Å². The zero-order valence-electron chi connectivity index (χ0n) is 10.9. The van der Waals surface area contributed by atoms with Gasteiger partial charge in [-0.05, 0) is 17.5 Å². The van der Waals surface area contributed by atoms with E-state index in [0.717, 1.165) is 6.07 Å². The SMILES string of the molecule is COCOc1cc(OC(C)=O)cc2ccc(F)c(F)c12. The van der Waals surface area contributed by atoms with Crippen LogP contribution in [0.25, 0.3) is 10.8 Å². The van der Waals surface area contributed by atoms with Crippen molar-refractivity contribution < 1.29 is 27.8 Å². The molecular formula is C14H12F2O4. The lowest BCUT2D eigenvalue weighted by Gasteiger charge is -2.12. The number of halogens is 2. The minimum atomic E-state index is -1.03. The highest BCUT2D eigenvalue weighted by molar-refractivity contribution is 5.91. The first-order valence-corrected chi connectivity index (χ1v) is 5.75. The maximum atomic E-state index is 13.9. The summed E-state index contributed by atoms with van der Waals surface area (Å²) < 4.78 is 42.1. The van der Waals surface area contributed by atoms with Gasteiger partial charge in [0, 0.05) is 20.1 Å². The van der Waals surface area contributed by atoms with Crippen LogP contribution in [-0.2, 0) is 9.53 Å². The van der Waals surface area contributed by atoms with Crippen LogP contribution in [-0.4, -0.2) is 19.9 Å². The quantitative estimate of drug-likeness (QED) is 0.491. The summed E-state index contributed by atoms with van der Waals surface area (Å²) >= 11 is 0. The van der Waals surface area contributed by atoms with E-state index in [-0.39, 0.29) is 23.7 Å². The van der Waals surface area contributed by atoms with Crippen molar-refractivity contribution in [3.8, 4) is 11.5 Å². The van der Waals surface area contributed by atoms with Crippen LogP contribution in [0.1, 0.15) is 6.92 Å². The van der Waals surface area contributed by atoms with Crippen LogP contribution < -0.4 is 9.47 Å². The topological polar surface area (TPSA) is 44.8 Å². The molecule has 20 heavy (non-hydrogen) atoms. The van der Waals surface area contributed by atoms with E-state index >= 15 is 0 Å². The minimum Gasteiger partial charge on any atom is -0.467 e. The second-order valence-corrected chi connectivity index (χ2v) is 4.03. The molecule has 2 aromatic rings. The second-order valence-electron chi connectivity index (χ2n) is 4.03. The van der Waals surface area contributed by atoms with Gasteiger partial charge in [0.15, 0.2) is 18.4 Å². The Bertz CT molecular complexity index is 655. The fourth-order valence-electron chi connectivity index (χ4n) is 1.79. The first-order valence-electron chi connectivity index (χ1n) is 5.75.